The summed E-state index contributed by atoms with van der Waals surface area (Å²) in [6, 6.07) is 3.50. The zero-order valence-electron chi connectivity index (χ0n) is 13.1. The number of carbonyl (C=O) groups is 1. The van der Waals surface area contributed by atoms with Crippen molar-refractivity contribution < 1.29 is 14.1 Å². The minimum Gasteiger partial charge on any atom is -0.495 e. The summed E-state index contributed by atoms with van der Waals surface area (Å²) < 4.78 is 10.3. The summed E-state index contributed by atoms with van der Waals surface area (Å²) in [5, 5.41) is 7.35. The molecule has 0 atom stereocenters. The average molecular weight is 323 g/mol. The topological polar surface area (TPSA) is 64.4 Å². The van der Waals surface area contributed by atoms with Crippen LogP contribution in [-0.4, -0.2) is 18.2 Å². The van der Waals surface area contributed by atoms with Crippen LogP contribution in [-0.2, 0) is 11.2 Å². The predicted molar refractivity (Wildman–Crippen MR) is 85.7 cm³/mol. The summed E-state index contributed by atoms with van der Waals surface area (Å²) in [5.74, 6) is 1.20. The van der Waals surface area contributed by atoms with Crippen molar-refractivity contribution in [1.29, 1.82) is 0 Å². The van der Waals surface area contributed by atoms with Gasteiger partial charge in [0.2, 0.25) is 5.91 Å². The van der Waals surface area contributed by atoms with E-state index in [0.29, 0.717) is 29.3 Å². The first-order chi connectivity index (χ1) is 10.4. The molecule has 0 aliphatic rings. The van der Waals surface area contributed by atoms with Gasteiger partial charge in [-0.2, -0.15) is 0 Å². The predicted octanol–water partition coefficient (Wildman–Crippen LogP) is 3.83. The van der Waals surface area contributed by atoms with Crippen molar-refractivity contribution in [3.05, 3.63) is 39.7 Å². The van der Waals surface area contributed by atoms with Gasteiger partial charge < -0.3 is 14.6 Å². The first kappa shape index (κ1) is 16.4. The summed E-state index contributed by atoms with van der Waals surface area (Å²) in [6.45, 7) is 5.59. The third-order valence-corrected chi connectivity index (χ3v) is 3.95. The van der Waals surface area contributed by atoms with Crippen LogP contribution in [0.25, 0.3) is 0 Å². The molecule has 0 aliphatic carbocycles. The summed E-state index contributed by atoms with van der Waals surface area (Å²) in [5.41, 5.74) is 3.30. The van der Waals surface area contributed by atoms with Gasteiger partial charge in [-0.1, -0.05) is 16.8 Å². The summed E-state index contributed by atoms with van der Waals surface area (Å²) in [7, 11) is 1.54. The molecule has 0 saturated heterocycles. The molecule has 6 heteroatoms. The molecule has 0 radical (unpaired) electrons. The molecule has 0 saturated carbocycles. The Kier molecular flexibility index (Phi) is 5.08. The highest BCUT2D eigenvalue weighted by Crippen LogP contribution is 2.31. The molecule has 1 heterocycles. The zero-order chi connectivity index (χ0) is 16.3. The van der Waals surface area contributed by atoms with E-state index in [1.807, 2.05) is 20.8 Å². The number of nitrogens with zero attached hydrogens (tertiary/aromatic N) is 1. The standard InChI is InChI=1S/C16H19ClN2O3/c1-9-7-14(15(21-4)8-13(9)17)18-16(20)6-5-12-10(2)19-22-11(12)3/h7-8H,5-6H2,1-4H3,(H,18,20). The Bertz CT molecular complexity index is 675. The van der Waals surface area contributed by atoms with Crippen LogP contribution in [0, 0.1) is 20.8 Å². The number of aromatic nitrogens is 1. The van der Waals surface area contributed by atoms with Crippen LogP contribution in [0.4, 0.5) is 5.69 Å². The molecule has 0 fully saturated rings. The van der Waals surface area contributed by atoms with E-state index >= 15 is 0 Å². The van der Waals surface area contributed by atoms with E-state index in [-0.39, 0.29) is 5.91 Å². The Labute approximate surface area is 134 Å². The number of halogens is 1. The molecule has 1 amide bonds. The molecule has 118 valence electrons. The second-order valence-electron chi connectivity index (χ2n) is 5.15. The number of benzene rings is 1. The van der Waals surface area contributed by atoms with Gasteiger partial charge >= 0.3 is 0 Å². The van der Waals surface area contributed by atoms with Gasteiger partial charge in [-0.3, -0.25) is 4.79 Å². The van der Waals surface area contributed by atoms with Crippen LogP contribution in [0.2, 0.25) is 5.02 Å². The first-order valence-corrected chi connectivity index (χ1v) is 7.36. The minimum atomic E-state index is -0.0972. The number of carbonyl (C=O) groups excluding carboxylic acids is 1. The Morgan fingerprint density at radius 1 is 1.36 bits per heavy atom. The lowest BCUT2D eigenvalue weighted by molar-refractivity contribution is -0.116. The van der Waals surface area contributed by atoms with Crippen molar-refractivity contribution in [3.63, 3.8) is 0 Å². The molecule has 2 aromatic rings. The molecule has 0 spiro atoms. The lowest BCUT2D eigenvalue weighted by atomic mass is 10.1. The summed E-state index contributed by atoms with van der Waals surface area (Å²) in [4.78, 5) is 12.1. The number of anilines is 1. The SMILES string of the molecule is COc1cc(Cl)c(C)cc1NC(=O)CCc1c(C)noc1C. The number of hydrogen-bond acceptors (Lipinski definition) is 4. The molecule has 1 N–H and O–H groups in total. The molecule has 22 heavy (non-hydrogen) atoms. The van der Waals surface area contributed by atoms with E-state index in [0.717, 1.165) is 22.6 Å². The zero-order valence-corrected chi connectivity index (χ0v) is 13.9. The van der Waals surface area contributed by atoms with Gasteiger partial charge in [0.1, 0.15) is 11.5 Å². The monoisotopic (exact) mass is 322 g/mol. The Morgan fingerprint density at radius 2 is 2.09 bits per heavy atom. The van der Waals surface area contributed by atoms with Gasteiger partial charge in [-0.15, -0.1) is 0 Å². The quantitative estimate of drug-likeness (QED) is 0.908. The van der Waals surface area contributed by atoms with Crippen LogP contribution in [0.1, 0.15) is 29.0 Å². The van der Waals surface area contributed by atoms with E-state index in [9.17, 15) is 4.79 Å². The fourth-order valence-corrected chi connectivity index (χ4v) is 2.39. The normalized spacial score (nSPS) is 10.6. The van der Waals surface area contributed by atoms with E-state index in [2.05, 4.69) is 10.5 Å². The molecule has 0 aliphatic heterocycles. The van der Waals surface area contributed by atoms with Crippen molar-refractivity contribution in [1.82, 2.24) is 5.16 Å². The number of nitrogens with one attached hydrogen (secondary N) is 1. The van der Waals surface area contributed by atoms with Crippen molar-refractivity contribution in [2.75, 3.05) is 12.4 Å². The fraction of sp³-hybridized carbons (Fsp3) is 0.375. The number of rotatable bonds is 5. The molecule has 0 unspecified atom stereocenters. The molecule has 2 rings (SSSR count). The molecule has 0 bridgehead atoms. The summed E-state index contributed by atoms with van der Waals surface area (Å²) in [6.07, 6.45) is 0.926. The van der Waals surface area contributed by atoms with Crippen LogP contribution >= 0.6 is 11.6 Å². The highest BCUT2D eigenvalue weighted by Gasteiger charge is 2.13. The van der Waals surface area contributed by atoms with E-state index in [4.69, 9.17) is 20.9 Å². The lowest BCUT2D eigenvalue weighted by Gasteiger charge is -2.12. The lowest BCUT2D eigenvalue weighted by Crippen LogP contribution is -2.13. The highest BCUT2D eigenvalue weighted by atomic mass is 35.5. The third kappa shape index (κ3) is 3.60. The van der Waals surface area contributed by atoms with Gasteiger partial charge in [-0.05, 0) is 38.8 Å². The van der Waals surface area contributed by atoms with Crippen LogP contribution in [0.15, 0.2) is 16.7 Å². The van der Waals surface area contributed by atoms with Gasteiger partial charge in [0.25, 0.3) is 0 Å². The van der Waals surface area contributed by atoms with Crippen molar-refractivity contribution in [2.45, 2.75) is 33.6 Å². The second-order valence-corrected chi connectivity index (χ2v) is 5.56. The largest absolute Gasteiger partial charge is 0.495 e. The molecular weight excluding hydrogens is 304 g/mol. The average Bonchev–Trinajstić information content (AvgIpc) is 2.79. The van der Waals surface area contributed by atoms with Crippen molar-refractivity contribution in [2.24, 2.45) is 0 Å². The molecule has 1 aromatic carbocycles. The van der Waals surface area contributed by atoms with Crippen LogP contribution in [0.5, 0.6) is 5.75 Å². The van der Waals surface area contributed by atoms with E-state index in [1.54, 1.807) is 19.2 Å². The maximum atomic E-state index is 12.1. The van der Waals surface area contributed by atoms with Gasteiger partial charge in [-0.25, -0.2) is 0 Å². The Balaban J connectivity index is 2.05. The Hall–Kier alpha value is -2.01. The number of amides is 1. The third-order valence-electron chi connectivity index (χ3n) is 3.54. The van der Waals surface area contributed by atoms with E-state index < -0.39 is 0 Å². The van der Waals surface area contributed by atoms with E-state index in [1.165, 1.54) is 0 Å². The first-order valence-electron chi connectivity index (χ1n) is 6.98. The second kappa shape index (κ2) is 6.83. The van der Waals surface area contributed by atoms with Crippen molar-refractivity contribution in [3.8, 4) is 5.75 Å². The highest BCUT2D eigenvalue weighted by molar-refractivity contribution is 6.31. The minimum absolute atomic E-state index is 0.0972. The molecule has 1 aromatic heterocycles. The van der Waals surface area contributed by atoms with Gasteiger partial charge in [0, 0.05) is 23.1 Å². The van der Waals surface area contributed by atoms with Gasteiger partial charge in [0.15, 0.2) is 0 Å². The number of aryl methyl sites for hydroxylation is 3. The Morgan fingerprint density at radius 3 is 2.68 bits per heavy atom. The molecule has 5 nitrogen and oxygen atoms in total. The van der Waals surface area contributed by atoms with Crippen LogP contribution in [0.3, 0.4) is 0 Å². The summed E-state index contributed by atoms with van der Waals surface area (Å²) >= 11 is 6.05. The molecular formula is C16H19ClN2O3. The maximum Gasteiger partial charge on any atom is 0.224 e. The fourth-order valence-electron chi connectivity index (χ4n) is 2.24. The van der Waals surface area contributed by atoms with Crippen molar-refractivity contribution >= 4 is 23.2 Å². The smallest absolute Gasteiger partial charge is 0.224 e. The van der Waals surface area contributed by atoms with Crippen LogP contribution < -0.4 is 10.1 Å². The van der Waals surface area contributed by atoms with Gasteiger partial charge in [0.05, 0.1) is 18.5 Å². The number of methoxy groups -OCH3 is 1. The number of ether oxygens (including phenoxy) is 1. The number of hydrogen-bond donors (Lipinski definition) is 1. The maximum absolute atomic E-state index is 12.1.